The number of hydrogen-bond acceptors (Lipinski definition) is 2. The minimum Gasteiger partial charge on any atom is -0.368 e. The van der Waals surface area contributed by atoms with Gasteiger partial charge in [-0.2, -0.15) is 0 Å². The van der Waals surface area contributed by atoms with Gasteiger partial charge in [0.05, 0.1) is 6.04 Å². The summed E-state index contributed by atoms with van der Waals surface area (Å²) < 4.78 is 0. The zero-order valence-electron chi connectivity index (χ0n) is 9.35. The smallest absolute Gasteiger partial charge is 0.234 e. The van der Waals surface area contributed by atoms with Crippen LogP contribution in [0.1, 0.15) is 41.0 Å². The van der Waals surface area contributed by atoms with Gasteiger partial charge in [-0.25, -0.2) is 0 Å². The molecule has 1 unspecified atom stereocenters. The second-order valence-electron chi connectivity index (χ2n) is 4.98. The third kappa shape index (κ3) is 6.58. The maximum atomic E-state index is 11.1. The van der Waals surface area contributed by atoms with Crippen molar-refractivity contribution in [3.63, 3.8) is 0 Å². The molecule has 0 saturated carbocycles. The number of nitrogens with two attached hydrogens (primary N) is 1. The molecule has 0 rings (SSSR count). The Balaban J connectivity index is 4.19. The topological polar surface area (TPSA) is 55.1 Å². The molecule has 0 aromatic heterocycles. The molecule has 13 heavy (non-hydrogen) atoms. The van der Waals surface area contributed by atoms with E-state index in [1.54, 1.807) is 0 Å². The van der Waals surface area contributed by atoms with Gasteiger partial charge in [0.25, 0.3) is 0 Å². The van der Waals surface area contributed by atoms with E-state index in [0.717, 1.165) is 6.42 Å². The van der Waals surface area contributed by atoms with Gasteiger partial charge in [0.1, 0.15) is 0 Å². The normalized spacial score (nSPS) is 14.6. The summed E-state index contributed by atoms with van der Waals surface area (Å²) in [7, 11) is 0. The molecule has 0 spiro atoms. The summed E-state index contributed by atoms with van der Waals surface area (Å²) in [5, 5.41) is 3.21. The summed E-state index contributed by atoms with van der Waals surface area (Å²) in [5.41, 5.74) is 5.23. The van der Waals surface area contributed by atoms with Crippen LogP contribution in [0.5, 0.6) is 0 Å². The van der Waals surface area contributed by atoms with Crippen molar-refractivity contribution in [1.29, 1.82) is 0 Å². The van der Waals surface area contributed by atoms with Crippen molar-refractivity contribution in [2.75, 3.05) is 0 Å². The molecule has 0 heterocycles. The number of carbonyl (C=O) groups excluding carboxylic acids is 1. The van der Waals surface area contributed by atoms with Crippen LogP contribution in [0.2, 0.25) is 0 Å². The highest BCUT2D eigenvalue weighted by molar-refractivity contribution is 5.79. The van der Waals surface area contributed by atoms with Crippen LogP contribution in [0.4, 0.5) is 0 Å². The lowest BCUT2D eigenvalue weighted by molar-refractivity contribution is -0.120. The predicted molar refractivity (Wildman–Crippen MR) is 55.3 cm³/mol. The van der Waals surface area contributed by atoms with Crippen LogP contribution >= 0.6 is 0 Å². The summed E-state index contributed by atoms with van der Waals surface area (Å²) >= 11 is 0. The van der Waals surface area contributed by atoms with Gasteiger partial charge < -0.3 is 11.1 Å². The first-order valence-electron chi connectivity index (χ1n) is 4.79. The Morgan fingerprint density at radius 2 is 1.85 bits per heavy atom. The van der Waals surface area contributed by atoms with Crippen LogP contribution < -0.4 is 11.1 Å². The lowest BCUT2D eigenvalue weighted by atomic mass is 9.99. The Morgan fingerprint density at radius 3 is 2.08 bits per heavy atom. The molecule has 0 aromatic rings. The SMILES string of the molecule is CC(C)CC(NC(C)(C)C)C(N)=O. The van der Waals surface area contributed by atoms with Crippen molar-refractivity contribution in [3.05, 3.63) is 0 Å². The Labute approximate surface area is 81.1 Å². The highest BCUT2D eigenvalue weighted by Gasteiger charge is 2.22. The van der Waals surface area contributed by atoms with Gasteiger partial charge in [0.2, 0.25) is 5.91 Å². The van der Waals surface area contributed by atoms with Crippen LogP contribution in [0, 0.1) is 5.92 Å². The molecule has 0 aromatic carbocycles. The van der Waals surface area contributed by atoms with Crippen LogP contribution in [0.3, 0.4) is 0 Å². The Hall–Kier alpha value is -0.570. The first kappa shape index (κ1) is 12.4. The molecule has 3 heteroatoms. The largest absolute Gasteiger partial charge is 0.368 e. The molecule has 1 amide bonds. The molecule has 3 N–H and O–H groups in total. The van der Waals surface area contributed by atoms with Crippen molar-refractivity contribution in [2.24, 2.45) is 11.7 Å². The molecule has 1 atom stereocenters. The van der Waals surface area contributed by atoms with Crippen molar-refractivity contribution >= 4 is 5.91 Å². The Kier molecular flexibility index (Phi) is 4.40. The fourth-order valence-electron chi connectivity index (χ4n) is 1.24. The van der Waals surface area contributed by atoms with Crippen LogP contribution in [0.25, 0.3) is 0 Å². The number of rotatable bonds is 4. The lowest BCUT2D eigenvalue weighted by Gasteiger charge is -2.27. The van der Waals surface area contributed by atoms with Crippen molar-refractivity contribution in [3.8, 4) is 0 Å². The van der Waals surface area contributed by atoms with Gasteiger partial charge in [-0.15, -0.1) is 0 Å². The molecule has 0 aliphatic carbocycles. The van der Waals surface area contributed by atoms with E-state index in [1.807, 2.05) is 20.8 Å². The average molecular weight is 186 g/mol. The summed E-state index contributed by atoms with van der Waals surface area (Å²) in [6.07, 6.45) is 0.798. The highest BCUT2D eigenvalue weighted by Crippen LogP contribution is 2.09. The molecule has 0 fully saturated rings. The zero-order valence-corrected chi connectivity index (χ0v) is 9.35. The lowest BCUT2D eigenvalue weighted by Crippen LogP contribution is -2.50. The van der Waals surface area contributed by atoms with Crippen molar-refractivity contribution in [2.45, 2.75) is 52.6 Å². The van der Waals surface area contributed by atoms with Crippen LogP contribution in [0.15, 0.2) is 0 Å². The molecule has 0 radical (unpaired) electrons. The number of amides is 1. The minimum atomic E-state index is -0.261. The quantitative estimate of drug-likeness (QED) is 0.694. The second kappa shape index (κ2) is 4.61. The molecule has 0 aliphatic rings. The van der Waals surface area contributed by atoms with Gasteiger partial charge >= 0.3 is 0 Å². The minimum absolute atomic E-state index is 0.0609. The van der Waals surface area contributed by atoms with Crippen molar-refractivity contribution < 1.29 is 4.79 Å². The van der Waals surface area contributed by atoms with E-state index >= 15 is 0 Å². The molecular formula is C10H22N2O. The monoisotopic (exact) mass is 186 g/mol. The van der Waals surface area contributed by atoms with Gasteiger partial charge in [0.15, 0.2) is 0 Å². The summed E-state index contributed by atoms with van der Waals surface area (Å²) in [6, 6.07) is -0.208. The molecule has 0 bridgehead atoms. The zero-order chi connectivity index (χ0) is 10.6. The molecule has 78 valence electrons. The molecular weight excluding hydrogens is 164 g/mol. The van der Waals surface area contributed by atoms with E-state index in [9.17, 15) is 4.79 Å². The van der Waals surface area contributed by atoms with E-state index in [1.165, 1.54) is 0 Å². The molecule has 0 saturated heterocycles. The van der Waals surface area contributed by atoms with Gasteiger partial charge in [-0.3, -0.25) is 4.79 Å². The second-order valence-corrected chi connectivity index (χ2v) is 4.98. The third-order valence-corrected chi connectivity index (χ3v) is 1.66. The van der Waals surface area contributed by atoms with E-state index in [2.05, 4.69) is 19.2 Å². The predicted octanol–water partition coefficient (Wildman–Crippen LogP) is 1.27. The Bertz CT molecular complexity index is 170. The van der Waals surface area contributed by atoms with Crippen LogP contribution in [-0.2, 0) is 4.79 Å². The number of primary amides is 1. The Morgan fingerprint density at radius 1 is 1.38 bits per heavy atom. The third-order valence-electron chi connectivity index (χ3n) is 1.66. The number of hydrogen-bond donors (Lipinski definition) is 2. The van der Waals surface area contributed by atoms with Crippen molar-refractivity contribution in [1.82, 2.24) is 5.32 Å². The van der Waals surface area contributed by atoms with Crippen LogP contribution in [-0.4, -0.2) is 17.5 Å². The summed E-state index contributed by atoms with van der Waals surface area (Å²) in [6.45, 7) is 10.3. The molecule has 3 nitrogen and oxygen atoms in total. The maximum absolute atomic E-state index is 11.1. The standard InChI is InChI=1S/C10H22N2O/c1-7(2)6-8(9(11)13)12-10(3,4)5/h7-8,12H,6H2,1-5H3,(H2,11,13). The van der Waals surface area contributed by atoms with Gasteiger partial charge in [-0.1, -0.05) is 13.8 Å². The maximum Gasteiger partial charge on any atom is 0.234 e. The fourth-order valence-corrected chi connectivity index (χ4v) is 1.24. The highest BCUT2D eigenvalue weighted by atomic mass is 16.1. The van der Waals surface area contributed by atoms with E-state index in [-0.39, 0.29) is 17.5 Å². The molecule has 0 aliphatic heterocycles. The first-order valence-corrected chi connectivity index (χ1v) is 4.79. The van der Waals surface area contributed by atoms with E-state index in [4.69, 9.17) is 5.73 Å². The number of nitrogens with one attached hydrogen (secondary N) is 1. The van der Waals surface area contributed by atoms with Gasteiger partial charge in [-0.05, 0) is 33.1 Å². The summed E-state index contributed by atoms with van der Waals surface area (Å²) in [4.78, 5) is 11.1. The van der Waals surface area contributed by atoms with Gasteiger partial charge in [0, 0.05) is 5.54 Å². The van der Waals surface area contributed by atoms with E-state index in [0.29, 0.717) is 5.92 Å². The first-order chi connectivity index (χ1) is 5.72. The average Bonchev–Trinajstić information content (AvgIpc) is 1.81. The number of carbonyl (C=O) groups is 1. The van der Waals surface area contributed by atoms with E-state index < -0.39 is 0 Å². The summed E-state index contributed by atoms with van der Waals surface area (Å²) in [5.74, 6) is 0.218. The fraction of sp³-hybridized carbons (Fsp3) is 0.900.